The molecule has 34 heavy (non-hydrogen) atoms. The van der Waals surface area contributed by atoms with Crippen molar-refractivity contribution in [3.63, 3.8) is 0 Å². The third kappa shape index (κ3) is 3.58. The summed E-state index contributed by atoms with van der Waals surface area (Å²) in [5.41, 5.74) is 18.7. The number of imidazole rings is 1. The first-order valence-electron chi connectivity index (χ1n) is 10.7. The van der Waals surface area contributed by atoms with Gasteiger partial charge in [0.1, 0.15) is 5.82 Å². The molecule has 0 radical (unpaired) electrons. The van der Waals surface area contributed by atoms with E-state index in [9.17, 15) is 0 Å². The Balaban J connectivity index is 1.53. The lowest BCUT2D eigenvalue weighted by Gasteiger charge is -2.17. The van der Waals surface area contributed by atoms with Gasteiger partial charge < -0.3 is 31.2 Å². The van der Waals surface area contributed by atoms with E-state index >= 15 is 0 Å². The van der Waals surface area contributed by atoms with Gasteiger partial charge in [-0.1, -0.05) is 18.2 Å². The summed E-state index contributed by atoms with van der Waals surface area (Å²) in [5, 5.41) is 16.3. The predicted molar refractivity (Wildman–Crippen MR) is 139 cm³/mol. The van der Waals surface area contributed by atoms with E-state index in [-0.39, 0.29) is 11.9 Å². The molecule has 0 amide bonds. The third-order valence-corrected chi connectivity index (χ3v) is 6.10. The van der Waals surface area contributed by atoms with Crippen molar-refractivity contribution in [3.8, 4) is 22.5 Å². The van der Waals surface area contributed by atoms with E-state index in [4.69, 9.17) is 27.3 Å². The number of H-pyrrole nitrogens is 2. The number of aromatic nitrogens is 3. The molecule has 9 nitrogen and oxygen atoms in total. The maximum atomic E-state index is 7.65. The average Bonchev–Trinajstić information content (AvgIpc) is 3.45. The van der Waals surface area contributed by atoms with Crippen molar-refractivity contribution in [1.82, 2.24) is 15.0 Å². The van der Waals surface area contributed by atoms with Crippen LogP contribution in [-0.2, 0) is 0 Å². The SMILES string of the molecule is CN(C(=N)N)c1ccc(-c2ccc3[nH]cc(-c4nc5ccc(N(C)C(=N)N)cc5[nH]4)c3c2)cc1. The van der Waals surface area contributed by atoms with Crippen LogP contribution in [0.15, 0.2) is 66.9 Å². The fourth-order valence-corrected chi connectivity index (χ4v) is 3.99. The molecule has 9 heteroatoms. The number of nitrogens with zero attached hydrogens (tertiary/aromatic N) is 3. The molecule has 5 aromatic rings. The van der Waals surface area contributed by atoms with Crippen molar-refractivity contribution >= 4 is 45.2 Å². The molecule has 0 unspecified atom stereocenters. The molecule has 0 fully saturated rings. The van der Waals surface area contributed by atoms with Crippen LogP contribution in [0.25, 0.3) is 44.5 Å². The highest BCUT2D eigenvalue weighted by Crippen LogP contribution is 2.33. The lowest BCUT2D eigenvalue weighted by molar-refractivity contribution is 1.20. The molecule has 0 aliphatic heterocycles. The van der Waals surface area contributed by atoms with Gasteiger partial charge in [0.05, 0.1) is 11.0 Å². The molecule has 2 heterocycles. The first-order chi connectivity index (χ1) is 16.3. The van der Waals surface area contributed by atoms with Crippen molar-refractivity contribution < 1.29 is 0 Å². The molecular formula is C25H25N9. The normalized spacial score (nSPS) is 11.1. The lowest BCUT2D eigenvalue weighted by Crippen LogP contribution is -2.32. The van der Waals surface area contributed by atoms with Crippen LogP contribution < -0.4 is 21.3 Å². The number of nitrogens with two attached hydrogens (primary N) is 2. The summed E-state index contributed by atoms with van der Waals surface area (Å²) >= 11 is 0. The third-order valence-electron chi connectivity index (χ3n) is 6.10. The second kappa shape index (κ2) is 7.96. The summed E-state index contributed by atoms with van der Waals surface area (Å²) in [7, 11) is 3.52. The minimum absolute atomic E-state index is 0.00275. The van der Waals surface area contributed by atoms with Crippen molar-refractivity contribution in [3.05, 3.63) is 66.9 Å². The molecule has 0 atom stereocenters. The Kier molecular flexibility index (Phi) is 4.94. The van der Waals surface area contributed by atoms with Crippen LogP contribution in [0.1, 0.15) is 0 Å². The Labute approximate surface area is 196 Å². The summed E-state index contributed by atoms with van der Waals surface area (Å²) in [6, 6.07) is 20.0. The smallest absolute Gasteiger partial charge is 0.192 e. The second-order valence-corrected chi connectivity index (χ2v) is 8.18. The van der Waals surface area contributed by atoms with Gasteiger partial charge in [0.2, 0.25) is 0 Å². The lowest BCUT2D eigenvalue weighted by atomic mass is 10.0. The van der Waals surface area contributed by atoms with Crippen LogP contribution in [0.3, 0.4) is 0 Å². The maximum absolute atomic E-state index is 7.65. The van der Waals surface area contributed by atoms with Gasteiger partial charge in [-0.15, -0.1) is 0 Å². The molecular weight excluding hydrogens is 426 g/mol. The van der Waals surface area contributed by atoms with E-state index in [1.54, 1.807) is 23.9 Å². The molecule has 8 N–H and O–H groups in total. The Hall–Kier alpha value is -4.79. The van der Waals surface area contributed by atoms with Crippen LogP contribution in [0.2, 0.25) is 0 Å². The van der Waals surface area contributed by atoms with Crippen LogP contribution in [0.5, 0.6) is 0 Å². The first kappa shape index (κ1) is 21.1. The number of hydrogen-bond acceptors (Lipinski definition) is 3. The molecule has 3 aromatic carbocycles. The predicted octanol–water partition coefficient (Wildman–Crippen LogP) is 4.04. The van der Waals surface area contributed by atoms with Gasteiger partial charge in [0.25, 0.3) is 0 Å². The Bertz CT molecular complexity index is 1540. The average molecular weight is 452 g/mol. The summed E-state index contributed by atoms with van der Waals surface area (Å²) < 4.78 is 0. The summed E-state index contributed by atoms with van der Waals surface area (Å²) in [4.78, 5) is 14.8. The number of guanidine groups is 2. The highest BCUT2D eigenvalue weighted by molar-refractivity contribution is 5.99. The van der Waals surface area contributed by atoms with Gasteiger partial charge >= 0.3 is 0 Å². The molecule has 2 aromatic heterocycles. The zero-order valence-electron chi connectivity index (χ0n) is 18.8. The van der Waals surface area contributed by atoms with E-state index in [1.165, 1.54) is 0 Å². The number of fused-ring (bicyclic) bond motifs is 2. The van der Waals surface area contributed by atoms with Crippen molar-refractivity contribution in [2.24, 2.45) is 11.5 Å². The summed E-state index contributed by atoms with van der Waals surface area (Å²) in [5.74, 6) is 0.737. The van der Waals surface area contributed by atoms with Gasteiger partial charge in [-0.25, -0.2) is 4.98 Å². The van der Waals surface area contributed by atoms with Crippen LogP contribution in [0.4, 0.5) is 11.4 Å². The highest BCUT2D eigenvalue weighted by atomic mass is 15.2. The monoisotopic (exact) mass is 451 g/mol. The Morgan fingerprint density at radius 3 is 2.15 bits per heavy atom. The molecule has 0 bridgehead atoms. The molecule has 0 saturated heterocycles. The van der Waals surface area contributed by atoms with E-state index in [1.807, 2.05) is 48.7 Å². The van der Waals surface area contributed by atoms with E-state index in [0.29, 0.717) is 0 Å². The van der Waals surface area contributed by atoms with Gasteiger partial charge in [0.15, 0.2) is 11.9 Å². The van der Waals surface area contributed by atoms with E-state index in [0.717, 1.165) is 55.8 Å². The Morgan fingerprint density at radius 1 is 0.794 bits per heavy atom. The van der Waals surface area contributed by atoms with Crippen molar-refractivity contribution in [2.45, 2.75) is 0 Å². The van der Waals surface area contributed by atoms with Gasteiger partial charge in [-0.05, 0) is 53.6 Å². The standard InChI is InChI=1S/C25H25N9/c1-33(24(26)27)16-6-3-14(4-7-16)15-5-9-20-18(11-15)19(13-30-20)23-31-21-10-8-17(12-22(21)32-23)34(2)25(28)29/h3-13,30H,1-2H3,(H3,26,27)(H3,28,29)(H,31,32). The van der Waals surface area contributed by atoms with Crippen molar-refractivity contribution in [1.29, 1.82) is 10.8 Å². The van der Waals surface area contributed by atoms with Crippen LogP contribution in [-0.4, -0.2) is 41.0 Å². The van der Waals surface area contributed by atoms with Gasteiger partial charge in [-0.2, -0.15) is 0 Å². The van der Waals surface area contributed by atoms with E-state index < -0.39 is 0 Å². The summed E-state index contributed by atoms with van der Waals surface area (Å²) in [6.45, 7) is 0. The minimum atomic E-state index is -0.0239. The number of aromatic amines is 2. The number of hydrogen-bond donors (Lipinski definition) is 6. The second-order valence-electron chi connectivity index (χ2n) is 8.18. The van der Waals surface area contributed by atoms with E-state index in [2.05, 4.69) is 28.2 Å². The number of rotatable bonds is 4. The van der Waals surface area contributed by atoms with Crippen LogP contribution in [0, 0.1) is 10.8 Å². The zero-order valence-corrected chi connectivity index (χ0v) is 18.8. The fourth-order valence-electron chi connectivity index (χ4n) is 3.99. The highest BCUT2D eigenvalue weighted by Gasteiger charge is 2.13. The molecule has 5 rings (SSSR count). The molecule has 0 aliphatic rings. The topological polar surface area (TPSA) is 151 Å². The molecule has 0 aliphatic carbocycles. The number of nitrogens with one attached hydrogen (secondary N) is 4. The maximum Gasteiger partial charge on any atom is 0.192 e. The Morgan fingerprint density at radius 2 is 1.44 bits per heavy atom. The molecule has 170 valence electrons. The minimum Gasteiger partial charge on any atom is -0.370 e. The quantitative estimate of drug-likeness (QED) is 0.180. The van der Waals surface area contributed by atoms with Gasteiger partial charge in [0, 0.05) is 48.1 Å². The first-order valence-corrected chi connectivity index (χ1v) is 10.7. The molecule has 0 saturated carbocycles. The number of benzene rings is 3. The van der Waals surface area contributed by atoms with Gasteiger partial charge in [-0.3, -0.25) is 10.8 Å². The largest absolute Gasteiger partial charge is 0.370 e. The molecule has 0 spiro atoms. The summed E-state index contributed by atoms with van der Waals surface area (Å²) in [6.07, 6.45) is 1.96. The number of anilines is 2. The fraction of sp³-hybridized carbons (Fsp3) is 0.0800. The van der Waals surface area contributed by atoms with Crippen molar-refractivity contribution in [2.75, 3.05) is 23.9 Å². The zero-order chi connectivity index (χ0) is 24.0. The van der Waals surface area contributed by atoms with Crippen LogP contribution >= 0.6 is 0 Å².